The number of rotatable bonds is 2. The zero-order valence-corrected chi connectivity index (χ0v) is 6.89. The second kappa shape index (κ2) is 5.25. The van der Waals surface area contributed by atoms with Crippen LogP contribution >= 0.6 is 17.0 Å². The Morgan fingerprint density at radius 3 is 2.12 bits per heavy atom. The van der Waals surface area contributed by atoms with E-state index in [1.54, 1.807) is 6.92 Å². The summed E-state index contributed by atoms with van der Waals surface area (Å²) in [5.41, 5.74) is 5.15. The van der Waals surface area contributed by atoms with Gasteiger partial charge in [-0.3, -0.25) is 4.79 Å². The van der Waals surface area contributed by atoms with Gasteiger partial charge in [0, 0.05) is 12.5 Å². The van der Waals surface area contributed by atoms with Gasteiger partial charge in [0.05, 0.1) is 0 Å². The van der Waals surface area contributed by atoms with Crippen molar-refractivity contribution in [2.75, 3.05) is 6.54 Å². The number of ketones is 1. The van der Waals surface area contributed by atoms with Gasteiger partial charge in [0.2, 0.25) is 0 Å². The van der Waals surface area contributed by atoms with Crippen LogP contribution in [0.5, 0.6) is 0 Å². The fraction of sp³-hybridized carbons (Fsp3) is 0.800. The molecule has 0 aliphatic rings. The smallest absolute Gasteiger partial charge is 0.133 e. The standard InChI is InChI=1S/C5H11NO.BrH/c1-4(3-6)5(2)7;/h4H,3,6H2,1-2H3;1H. The van der Waals surface area contributed by atoms with Gasteiger partial charge in [-0.2, -0.15) is 0 Å². The zero-order chi connectivity index (χ0) is 5.86. The van der Waals surface area contributed by atoms with E-state index in [0.717, 1.165) is 0 Å². The fourth-order valence-electron chi connectivity index (χ4n) is 0.166. The molecule has 0 aromatic heterocycles. The number of hydrogen-bond acceptors (Lipinski definition) is 2. The van der Waals surface area contributed by atoms with Crippen LogP contribution in [0.3, 0.4) is 0 Å². The predicted octanol–water partition coefficient (Wildman–Crippen LogP) is 0.748. The van der Waals surface area contributed by atoms with Crippen LogP contribution in [0.1, 0.15) is 13.8 Å². The Bertz CT molecular complexity index is 74.8. The third kappa shape index (κ3) is 4.27. The lowest BCUT2D eigenvalue weighted by atomic mass is 10.1. The largest absolute Gasteiger partial charge is 0.330 e. The van der Waals surface area contributed by atoms with Crippen LogP contribution in [0.4, 0.5) is 0 Å². The molecular formula is C5H12BrNO. The number of carbonyl (C=O) groups excluding carboxylic acids is 1. The minimum absolute atomic E-state index is 0. The van der Waals surface area contributed by atoms with Gasteiger partial charge in [0.25, 0.3) is 0 Å². The summed E-state index contributed by atoms with van der Waals surface area (Å²) in [5.74, 6) is 0.211. The SMILES string of the molecule is Br.CC(=O)C(C)CN. The maximum absolute atomic E-state index is 10.3. The molecule has 0 amide bonds. The van der Waals surface area contributed by atoms with Gasteiger partial charge < -0.3 is 5.73 Å². The molecule has 3 heteroatoms. The predicted molar refractivity (Wildman–Crippen MR) is 39.2 cm³/mol. The van der Waals surface area contributed by atoms with Crippen LogP contribution in [0, 0.1) is 5.92 Å². The first kappa shape index (κ1) is 11.0. The lowest BCUT2D eigenvalue weighted by Gasteiger charge is -1.98. The summed E-state index contributed by atoms with van der Waals surface area (Å²) in [4.78, 5) is 10.3. The van der Waals surface area contributed by atoms with Gasteiger partial charge >= 0.3 is 0 Å². The summed E-state index contributed by atoms with van der Waals surface area (Å²) in [6.07, 6.45) is 0. The topological polar surface area (TPSA) is 43.1 Å². The van der Waals surface area contributed by atoms with Crippen LogP contribution in [-0.4, -0.2) is 12.3 Å². The average molecular weight is 182 g/mol. The third-order valence-electron chi connectivity index (χ3n) is 1.05. The molecule has 2 N–H and O–H groups in total. The van der Waals surface area contributed by atoms with E-state index in [1.165, 1.54) is 0 Å². The van der Waals surface area contributed by atoms with Crippen molar-refractivity contribution < 1.29 is 4.79 Å². The number of halogens is 1. The van der Waals surface area contributed by atoms with Crippen molar-refractivity contribution in [2.45, 2.75) is 13.8 Å². The van der Waals surface area contributed by atoms with Crippen LogP contribution < -0.4 is 5.73 Å². The third-order valence-corrected chi connectivity index (χ3v) is 1.05. The first-order valence-corrected chi connectivity index (χ1v) is 2.39. The van der Waals surface area contributed by atoms with E-state index >= 15 is 0 Å². The van der Waals surface area contributed by atoms with E-state index in [4.69, 9.17) is 5.73 Å². The van der Waals surface area contributed by atoms with Gasteiger partial charge in [0.15, 0.2) is 0 Å². The molecule has 8 heavy (non-hydrogen) atoms. The summed E-state index contributed by atoms with van der Waals surface area (Å²) in [6, 6.07) is 0. The molecular weight excluding hydrogens is 170 g/mol. The second-order valence-electron chi connectivity index (χ2n) is 1.75. The maximum atomic E-state index is 10.3. The van der Waals surface area contributed by atoms with Crippen molar-refractivity contribution in [3.05, 3.63) is 0 Å². The highest BCUT2D eigenvalue weighted by atomic mass is 79.9. The molecule has 0 aliphatic heterocycles. The van der Waals surface area contributed by atoms with Crippen molar-refractivity contribution in [3.8, 4) is 0 Å². The summed E-state index contributed by atoms with van der Waals surface area (Å²) < 4.78 is 0. The van der Waals surface area contributed by atoms with Gasteiger partial charge in [-0.15, -0.1) is 17.0 Å². The number of hydrogen-bond donors (Lipinski definition) is 1. The normalized spacial score (nSPS) is 11.9. The molecule has 1 unspecified atom stereocenters. The molecule has 0 radical (unpaired) electrons. The number of nitrogens with two attached hydrogens (primary N) is 1. The fourth-order valence-corrected chi connectivity index (χ4v) is 0.166. The first-order chi connectivity index (χ1) is 3.18. The summed E-state index contributed by atoms with van der Waals surface area (Å²) >= 11 is 0. The van der Waals surface area contributed by atoms with Crippen LogP contribution in [0.25, 0.3) is 0 Å². The maximum Gasteiger partial charge on any atom is 0.133 e. The van der Waals surface area contributed by atoms with E-state index in [1.807, 2.05) is 6.92 Å². The molecule has 0 heterocycles. The molecule has 2 nitrogen and oxygen atoms in total. The quantitative estimate of drug-likeness (QED) is 0.684. The average Bonchev–Trinajstić information content (AvgIpc) is 1.65. The van der Waals surface area contributed by atoms with E-state index < -0.39 is 0 Å². The Balaban J connectivity index is 0. The van der Waals surface area contributed by atoms with Crippen LogP contribution in [0.2, 0.25) is 0 Å². The molecule has 0 rings (SSSR count). The molecule has 0 fully saturated rings. The van der Waals surface area contributed by atoms with Gasteiger partial charge in [-0.25, -0.2) is 0 Å². The highest BCUT2D eigenvalue weighted by Gasteiger charge is 2.01. The van der Waals surface area contributed by atoms with Crippen molar-refractivity contribution in [2.24, 2.45) is 11.7 Å². The molecule has 0 aromatic rings. The van der Waals surface area contributed by atoms with E-state index in [9.17, 15) is 4.79 Å². The Labute approximate surface area is 60.2 Å². The van der Waals surface area contributed by atoms with E-state index in [2.05, 4.69) is 0 Å². The summed E-state index contributed by atoms with van der Waals surface area (Å²) in [6.45, 7) is 3.84. The first-order valence-electron chi connectivity index (χ1n) is 2.39. The Hall–Kier alpha value is 0.110. The van der Waals surface area contributed by atoms with Crippen LogP contribution in [0.15, 0.2) is 0 Å². The molecule has 0 bridgehead atoms. The summed E-state index contributed by atoms with van der Waals surface area (Å²) in [5, 5.41) is 0. The zero-order valence-electron chi connectivity index (χ0n) is 5.18. The van der Waals surface area contributed by atoms with Gasteiger partial charge in [-0.05, 0) is 6.92 Å². The Morgan fingerprint density at radius 1 is 1.75 bits per heavy atom. The molecule has 0 saturated carbocycles. The Morgan fingerprint density at radius 2 is 2.12 bits per heavy atom. The van der Waals surface area contributed by atoms with Crippen molar-refractivity contribution in [3.63, 3.8) is 0 Å². The molecule has 0 aliphatic carbocycles. The molecule has 0 aromatic carbocycles. The molecule has 0 saturated heterocycles. The van der Waals surface area contributed by atoms with E-state index in [-0.39, 0.29) is 28.7 Å². The lowest BCUT2D eigenvalue weighted by Crippen LogP contribution is -2.17. The Kier molecular flexibility index (Phi) is 7.21. The molecule has 50 valence electrons. The second-order valence-corrected chi connectivity index (χ2v) is 1.75. The highest BCUT2D eigenvalue weighted by Crippen LogP contribution is 1.89. The minimum atomic E-state index is 0. The van der Waals surface area contributed by atoms with E-state index in [0.29, 0.717) is 6.54 Å². The number of Topliss-reactive ketones (excluding diaryl/α,β-unsaturated/α-hetero) is 1. The van der Waals surface area contributed by atoms with Crippen LogP contribution in [-0.2, 0) is 4.79 Å². The summed E-state index contributed by atoms with van der Waals surface area (Å²) in [7, 11) is 0. The van der Waals surface area contributed by atoms with Gasteiger partial charge in [-0.1, -0.05) is 6.92 Å². The van der Waals surface area contributed by atoms with Gasteiger partial charge in [0.1, 0.15) is 5.78 Å². The minimum Gasteiger partial charge on any atom is -0.330 e. The molecule has 0 spiro atoms. The highest BCUT2D eigenvalue weighted by molar-refractivity contribution is 8.93. The number of carbonyl (C=O) groups is 1. The molecule has 1 atom stereocenters. The lowest BCUT2D eigenvalue weighted by molar-refractivity contribution is -0.119. The van der Waals surface area contributed by atoms with Crippen molar-refractivity contribution >= 4 is 22.8 Å². The van der Waals surface area contributed by atoms with Crippen molar-refractivity contribution in [1.29, 1.82) is 0 Å². The van der Waals surface area contributed by atoms with Crippen molar-refractivity contribution in [1.82, 2.24) is 0 Å². The monoisotopic (exact) mass is 181 g/mol.